The van der Waals surface area contributed by atoms with Gasteiger partial charge in [-0.1, -0.05) is 18.2 Å². The van der Waals surface area contributed by atoms with Gasteiger partial charge in [-0.2, -0.15) is 0 Å². The number of nitrogens with one attached hydrogen (secondary N) is 2. The summed E-state index contributed by atoms with van der Waals surface area (Å²) in [6.45, 7) is 4.17. The number of rotatable bonds is 10. The summed E-state index contributed by atoms with van der Waals surface area (Å²) in [6.07, 6.45) is 1.89. The Labute approximate surface area is 254 Å². The van der Waals surface area contributed by atoms with Gasteiger partial charge in [-0.3, -0.25) is 19.9 Å². The number of nitrogens with zero attached hydrogens (tertiary/aromatic N) is 4. The van der Waals surface area contributed by atoms with Gasteiger partial charge in [-0.05, 0) is 74.1 Å². The fourth-order valence-corrected chi connectivity index (χ4v) is 5.92. The van der Waals surface area contributed by atoms with E-state index in [-0.39, 0.29) is 30.1 Å². The van der Waals surface area contributed by atoms with Crippen molar-refractivity contribution in [3.05, 3.63) is 106 Å². The molecule has 2 aromatic carbocycles. The molecule has 5 rings (SSSR count). The summed E-state index contributed by atoms with van der Waals surface area (Å²) in [4.78, 5) is 31.3. The molecule has 1 saturated heterocycles. The number of para-hydroxylation sites is 2. The number of hydrogen-bond donors (Lipinski definition) is 2. The van der Waals surface area contributed by atoms with E-state index in [2.05, 4.69) is 15.6 Å². The average molecular weight is 601 g/mol. The number of benzene rings is 2. The van der Waals surface area contributed by atoms with Crippen molar-refractivity contribution < 1.29 is 19.2 Å². The molecule has 0 bridgehead atoms. The van der Waals surface area contributed by atoms with Crippen LogP contribution in [0.2, 0.25) is 0 Å². The number of carbonyl (C=O) groups excluding carboxylic acids is 1. The lowest BCUT2D eigenvalue weighted by Gasteiger charge is -2.28. The number of hydrogen-bond acceptors (Lipinski definition) is 7. The normalized spacial score (nSPS) is 16.1. The molecule has 3 heterocycles. The third kappa shape index (κ3) is 5.86. The van der Waals surface area contributed by atoms with Gasteiger partial charge in [0.15, 0.2) is 5.11 Å². The Morgan fingerprint density at radius 3 is 2.56 bits per heavy atom. The molecule has 43 heavy (non-hydrogen) atoms. The molecule has 0 saturated carbocycles. The number of aryl methyl sites for hydroxylation is 1. The molecular weight excluding hydrogens is 568 g/mol. The molecule has 1 fully saturated rings. The summed E-state index contributed by atoms with van der Waals surface area (Å²) in [6, 6.07) is 19.1. The molecular formula is C31H32N6O5S. The van der Waals surface area contributed by atoms with E-state index in [0.29, 0.717) is 34.5 Å². The quantitative estimate of drug-likeness (QED) is 0.140. The Kier molecular flexibility index (Phi) is 8.58. The van der Waals surface area contributed by atoms with Crippen LogP contribution in [0.25, 0.3) is 5.69 Å². The van der Waals surface area contributed by atoms with Crippen LogP contribution in [0.3, 0.4) is 0 Å². The maximum absolute atomic E-state index is 13.1. The standard InChI is InChI=1S/C31H32N6O5S/c1-19-17-22(20(2)36(19)25-13-12-21(41-3)18-26(25)37(39)40)30-29(24-10-7-8-15-32-24)34-31(43)35(30)16-14-28(38)33-23-9-5-6-11-27(23)42-4/h5-13,15,17-18,29-30H,14,16H2,1-4H3,(H,33,38)(H,34,43)/t29-,30-/m0/s1. The first-order chi connectivity index (χ1) is 20.7. The minimum Gasteiger partial charge on any atom is -0.496 e. The SMILES string of the molecule is COc1ccc(-n2c(C)cc([C@H]3[C@H](c4ccccn4)NC(=S)N3CCC(=O)Nc3ccccc3OC)c2C)c([N+](=O)[O-])c1. The number of anilines is 1. The number of pyridine rings is 1. The van der Waals surface area contributed by atoms with E-state index in [1.165, 1.54) is 13.2 Å². The van der Waals surface area contributed by atoms with Crippen LogP contribution in [0, 0.1) is 24.0 Å². The number of methoxy groups -OCH3 is 2. The van der Waals surface area contributed by atoms with E-state index in [1.54, 1.807) is 37.6 Å². The van der Waals surface area contributed by atoms with E-state index in [9.17, 15) is 14.9 Å². The Morgan fingerprint density at radius 1 is 1.09 bits per heavy atom. The molecule has 0 spiro atoms. The second-order valence-electron chi connectivity index (χ2n) is 10.1. The van der Waals surface area contributed by atoms with Crippen molar-refractivity contribution in [3.63, 3.8) is 0 Å². The molecule has 2 N–H and O–H groups in total. The van der Waals surface area contributed by atoms with Crippen molar-refractivity contribution >= 4 is 34.6 Å². The van der Waals surface area contributed by atoms with Crippen molar-refractivity contribution in [1.82, 2.24) is 19.8 Å². The molecule has 2 atom stereocenters. The molecule has 11 nitrogen and oxygen atoms in total. The van der Waals surface area contributed by atoms with E-state index < -0.39 is 4.92 Å². The van der Waals surface area contributed by atoms with Crippen LogP contribution < -0.4 is 20.1 Å². The Morgan fingerprint density at radius 2 is 1.86 bits per heavy atom. The third-order valence-corrected chi connectivity index (χ3v) is 7.92. The van der Waals surface area contributed by atoms with Crippen LogP contribution in [0.1, 0.15) is 41.1 Å². The number of nitro benzene ring substituents is 1. The lowest BCUT2D eigenvalue weighted by Crippen LogP contribution is -2.33. The monoisotopic (exact) mass is 600 g/mol. The first kappa shape index (κ1) is 29.5. The first-order valence-corrected chi connectivity index (χ1v) is 14.1. The summed E-state index contributed by atoms with van der Waals surface area (Å²) in [5.74, 6) is 0.783. The van der Waals surface area contributed by atoms with Crippen LogP contribution in [0.15, 0.2) is 72.9 Å². The van der Waals surface area contributed by atoms with Gasteiger partial charge in [0.2, 0.25) is 5.91 Å². The highest BCUT2D eigenvalue weighted by atomic mass is 32.1. The zero-order chi connectivity index (χ0) is 30.7. The fourth-order valence-electron chi connectivity index (χ4n) is 5.59. The molecule has 0 aliphatic carbocycles. The number of nitro groups is 1. The van der Waals surface area contributed by atoms with Crippen LogP contribution >= 0.6 is 12.2 Å². The topological polar surface area (TPSA) is 124 Å². The second-order valence-corrected chi connectivity index (χ2v) is 10.5. The van der Waals surface area contributed by atoms with Crippen molar-refractivity contribution in [2.75, 3.05) is 26.1 Å². The number of ether oxygens (including phenoxy) is 2. The lowest BCUT2D eigenvalue weighted by molar-refractivity contribution is -0.384. The van der Waals surface area contributed by atoms with Crippen LogP contribution in [-0.4, -0.2) is 51.2 Å². The first-order valence-electron chi connectivity index (χ1n) is 13.7. The van der Waals surface area contributed by atoms with Gasteiger partial charge in [0.25, 0.3) is 5.69 Å². The summed E-state index contributed by atoms with van der Waals surface area (Å²) >= 11 is 5.80. The summed E-state index contributed by atoms with van der Waals surface area (Å²) < 4.78 is 12.5. The number of amides is 1. The fraction of sp³-hybridized carbons (Fsp3) is 0.258. The van der Waals surface area contributed by atoms with E-state index in [4.69, 9.17) is 21.7 Å². The molecule has 222 valence electrons. The van der Waals surface area contributed by atoms with Gasteiger partial charge < -0.3 is 29.6 Å². The zero-order valence-corrected chi connectivity index (χ0v) is 25.1. The zero-order valence-electron chi connectivity index (χ0n) is 24.2. The number of thiocarbonyl (C=S) groups is 1. The van der Waals surface area contributed by atoms with Gasteiger partial charge in [-0.15, -0.1) is 0 Å². The largest absolute Gasteiger partial charge is 0.496 e. The van der Waals surface area contributed by atoms with Gasteiger partial charge in [0.1, 0.15) is 17.2 Å². The number of aromatic nitrogens is 2. The van der Waals surface area contributed by atoms with Crippen molar-refractivity contribution in [2.45, 2.75) is 32.4 Å². The predicted octanol–water partition coefficient (Wildman–Crippen LogP) is 5.42. The third-order valence-electron chi connectivity index (χ3n) is 7.57. The highest BCUT2D eigenvalue weighted by Gasteiger charge is 2.41. The Balaban J connectivity index is 1.51. The molecule has 0 radical (unpaired) electrons. The Hall–Kier alpha value is -4.97. The van der Waals surface area contributed by atoms with Crippen LogP contribution in [0.4, 0.5) is 11.4 Å². The maximum Gasteiger partial charge on any atom is 0.296 e. The molecule has 1 amide bonds. The maximum atomic E-state index is 13.1. The average Bonchev–Trinajstić information content (AvgIpc) is 3.50. The summed E-state index contributed by atoms with van der Waals surface area (Å²) in [5, 5.41) is 18.9. The highest BCUT2D eigenvalue weighted by Crippen LogP contribution is 2.42. The molecule has 1 aliphatic rings. The Bertz CT molecular complexity index is 1670. The van der Waals surface area contributed by atoms with Gasteiger partial charge in [0, 0.05) is 30.6 Å². The smallest absolute Gasteiger partial charge is 0.296 e. The molecule has 0 unspecified atom stereocenters. The number of carbonyl (C=O) groups is 1. The van der Waals surface area contributed by atoms with Gasteiger partial charge >= 0.3 is 0 Å². The highest BCUT2D eigenvalue weighted by molar-refractivity contribution is 7.80. The minimum atomic E-state index is -0.411. The summed E-state index contributed by atoms with van der Waals surface area (Å²) in [7, 11) is 3.03. The van der Waals surface area contributed by atoms with Crippen molar-refractivity contribution in [3.8, 4) is 17.2 Å². The predicted molar refractivity (Wildman–Crippen MR) is 167 cm³/mol. The van der Waals surface area contributed by atoms with E-state index in [0.717, 1.165) is 22.6 Å². The van der Waals surface area contributed by atoms with E-state index in [1.807, 2.05) is 59.7 Å². The molecule has 12 heteroatoms. The van der Waals surface area contributed by atoms with Crippen LogP contribution in [0.5, 0.6) is 11.5 Å². The minimum absolute atomic E-state index is 0.0705. The molecule has 2 aromatic heterocycles. The lowest BCUT2D eigenvalue weighted by atomic mass is 9.96. The second kappa shape index (κ2) is 12.5. The van der Waals surface area contributed by atoms with Crippen molar-refractivity contribution in [2.24, 2.45) is 0 Å². The summed E-state index contributed by atoms with van der Waals surface area (Å²) in [5.41, 5.74) is 4.27. The molecule has 1 aliphatic heterocycles. The van der Waals surface area contributed by atoms with Gasteiger partial charge in [0.05, 0.1) is 48.7 Å². The van der Waals surface area contributed by atoms with Crippen LogP contribution in [-0.2, 0) is 4.79 Å². The van der Waals surface area contributed by atoms with E-state index >= 15 is 0 Å². The van der Waals surface area contributed by atoms with Crippen molar-refractivity contribution in [1.29, 1.82) is 0 Å². The molecule has 4 aromatic rings. The van der Waals surface area contributed by atoms with Gasteiger partial charge in [-0.25, -0.2) is 0 Å².